The number of rotatable bonds is 5. The van der Waals surface area contributed by atoms with Gasteiger partial charge in [-0.1, -0.05) is 6.92 Å². The molecule has 0 spiro atoms. The summed E-state index contributed by atoms with van der Waals surface area (Å²) in [5.41, 5.74) is 6.62. The highest BCUT2D eigenvalue weighted by Crippen LogP contribution is 2.42. The van der Waals surface area contributed by atoms with Gasteiger partial charge in [0.2, 0.25) is 0 Å². The molecule has 0 bridgehead atoms. The highest BCUT2D eigenvalue weighted by Gasteiger charge is 2.21. The minimum atomic E-state index is -0.0715. The van der Waals surface area contributed by atoms with Crippen molar-refractivity contribution in [3.8, 4) is 0 Å². The average molecular weight is 273 g/mol. The van der Waals surface area contributed by atoms with Crippen LogP contribution in [0.4, 0.5) is 10.7 Å². The van der Waals surface area contributed by atoms with E-state index >= 15 is 0 Å². The quantitative estimate of drug-likeness (QED) is 0.808. The molecule has 0 saturated carbocycles. The van der Waals surface area contributed by atoms with Gasteiger partial charge in [-0.3, -0.25) is 4.79 Å². The summed E-state index contributed by atoms with van der Waals surface area (Å²) >= 11 is 3.02. The maximum atomic E-state index is 11.9. The molecule has 4 nitrogen and oxygen atoms in total. The van der Waals surface area contributed by atoms with Gasteiger partial charge in [0, 0.05) is 20.6 Å². The molecule has 0 aliphatic rings. The van der Waals surface area contributed by atoms with Crippen molar-refractivity contribution in [3.63, 3.8) is 0 Å². The van der Waals surface area contributed by atoms with Crippen LogP contribution in [0.2, 0.25) is 0 Å². The number of nitrogens with two attached hydrogens (primary N) is 1. The van der Waals surface area contributed by atoms with E-state index in [1.807, 2.05) is 32.2 Å². The molecule has 0 fully saturated rings. The van der Waals surface area contributed by atoms with E-state index < -0.39 is 0 Å². The van der Waals surface area contributed by atoms with E-state index in [2.05, 4.69) is 5.32 Å². The van der Waals surface area contributed by atoms with Crippen molar-refractivity contribution >= 4 is 39.7 Å². The first-order chi connectivity index (χ1) is 8.02. The number of thioether (sulfide) groups is 1. The van der Waals surface area contributed by atoms with E-state index in [9.17, 15) is 4.79 Å². The highest BCUT2D eigenvalue weighted by molar-refractivity contribution is 7.99. The maximum absolute atomic E-state index is 11.9. The number of nitrogen functional groups attached to an aromatic ring is 1. The Balaban J connectivity index is 3.05. The monoisotopic (exact) mass is 273 g/mol. The molecular weight excluding hydrogens is 254 g/mol. The van der Waals surface area contributed by atoms with Gasteiger partial charge in [-0.05, 0) is 12.7 Å². The second kappa shape index (κ2) is 6.16. The number of carbonyl (C=O) groups is 1. The standard InChI is InChI=1S/C11H19N3OS2/c1-5-6-13-10(15)8-7(12)9(16-4)11(17-8)14(2)3/h5-6,12H2,1-4H3,(H,13,15). The molecule has 1 aromatic rings. The van der Waals surface area contributed by atoms with Gasteiger partial charge in [-0.2, -0.15) is 0 Å². The summed E-state index contributed by atoms with van der Waals surface area (Å²) in [7, 11) is 3.91. The fourth-order valence-corrected chi connectivity index (χ4v) is 3.47. The number of hydrogen-bond donors (Lipinski definition) is 2. The van der Waals surface area contributed by atoms with Crippen LogP contribution in [-0.2, 0) is 0 Å². The van der Waals surface area contributed by atoms with Crippen molar-refractivity contribution in [1.29, 1.82) is 0 Å². The van der Waals surface area contributed by atoms with E-state index in [-0.39, 0.29) is 5.91 Å². The molecule has 17 heavy (non-hydrogen) atoms. The lowest BCUT2D eigenvalue weighted by atomic mass is 10.3. The smallest absolute Gasteiger partial charge is 0.263 e. The van der Waals surface area contributed by atoms with Gasteiger partial charge in [0.05, 0.1) is 10.6 Å². The summed E-state index contributed by atoms with van der Waals surface area (Å²) < 4.78 is 0. The summed E-state index contributed by atoms with van der Waals surface area (Å²) in [5.74, 6) is -0.0715. The Morgan fingerprint density at radius 3 is 2.59 bits per heavy atom. The summed E-state index contributed by atoms with van der Waals surface area (Å²) in [6.07, 6.45) is 2.89. The summed E-state index contributed by atoms with van der Waals surface area (Å²) in [6.45, 7) is 2.71. The van der Waals surface area contributed by atoms with Crippen LogP contribution in [0.15, 0.2) is 4.90 Å². The van der Waals surface area contributed by atoms with Crippen molar-refractivity contribution in [2.45, 2.75) is 18.2 Å². The molecule has 0 aliphatic heterocycles. The van der Waals surface area contributed by atoms with E-state index in [1.54, 1.807) is 11.8 Å². The molecule has 1 aromatic heterocycles. The Hall–Kier alpha value is -0.880. The van der Waals surface area contributed by atoms with Gasteiger partial charge >= 0.3 is 0 Å². The first-order valence-corrected chi connectivity index (χ1v) is 7.48. The number of hydrogen-bond acceptors (Lipinski definition) is 5. The van der Waals surface area contributed by atoms with Crippen LogP contribution >= 0.6 is 23.1 Å². The molecule has 0 aliphatic carbocycles. The van der Waals surface area contributed by atoms with Gasteiger partial charge in [-0.15, -0.1) is 23.1 Å². The Kier molecular flexibility index (Phi) is 5.14. The fraction of sp³-hybridized carbons (Fsp3) is 0.545. The second-order valence-electron chi connectivity index (χ2n) is 3.83. The zero-order valence-electron chi connectivity index (χ0n) is 10.7. The van der Waals surface area contributed by atoms with E-state index in [0.717, 1.165) is 16.3 Å². The van der Waals surface area contributed by atoms with Crippen molar-refractivity contribution in [1.82, 2.24) is 5.32 Å². The molecule has 96 valence electrons. The van der Waals surface area contributed by atoms with Crippen molar-refractivity contribution < 1.29 is 4.79 Å². The largest absolute Gasteiger partial charge is 0.396 e. The normalized spacial score (nSPS) is 10.4. The minimum absolute atomic E-state index is 0.0715. The Bertz CT molecular complexity index is 402. The zero-order valence-corrected chi connectivity index (χ0v) is 12.3. The van der Waals surface area contributed by atoms with Gasteiger partial charge in [0.15, 0.2) is 0 Å². The molecule has 1 heterocycles. The van der Waals surface area contributed by atoms with Crippen LogP contribution in [-0.4, -0.2) is 32.8 Å². The van der Waals surface area contributed by atoms with Gasteiger partial charge in [-0.25, -0.2) is 0 Å². The van der Waals surface area contributed by atoms with Crippen LogP contribution < -0.4 is 16.0 Å². The lowest BCUT2D eigenvalue weighted by Gasteiger charge is -2.10. The number of nitrogens with one attached hydrogen (secondary N) is 1. The molecule has 6 heteroatoms. The first-order valence-electron chi connectivity index (χ1n) is 5.44. The molecule has 0 aromatic carbocycles. The van der Waals surface area contributed by atoms with Crippen LogP contribution in [0.1, 0.15) is 23.0 Å². The second-order valence-corrected chi connectivity index (χ2v) is 5.65. The predicted molar refractivity (Wildman–Crippen MR) is 77.5 cm³/mol. The van der Waals surface area contributed by atoms with E-state index in [0.29, 0.717) is 17.1 Å². The molecule has 0 atom stereocenters. The predicted octanol–water partition coefficient (Wildman–Crippen LogP) is 2.26. The molecule has 1 amide bonds. The summed E-state index contributed by atoms with van der Waals surface area (Å²) in [4.78, 5) is 15.5. The third-order valence-corrected chi connectivity index (χ3v) is 4.56. The Morgan fingerprint density at radius 1 is 1.53 bits per heavy atom. The number of carbonyl (C=O) groups excluding carboxylic acids is 1. The maximum Gasteiger partial charge on any atom is 0.263 e. The minimum Gasteiger partial charge on any atom is -0.396 e. The molecule has 0 radical (unpaired) electrons. The molecule has 0 unspecified atom stereocenters. The number of thiophene rings is 1. The number of anilines is 2. The lowest BCUT2D eigenvalue weighted by molar-refractivity contribution is 0.0958. The van der Waals surface area contributed by atoms with Gasteiger partial charge < -0.3 is 16.0 Å². The average Bonchev–Trinajstić information content (AvgIpc) is 2.63. The van der Waals surface area contributed by atoms with Crippen LogP contribution in [0.3, 0.4) is 0 Å². The van der Waals surface area contributed by atoms with Crippen molar-refractivity contribution in [2.75, 3.05) is 37.5 Å². The van der Waals surface area contributed by atoms with Crippen LogP contribution in [0.25, 0.3) is 0 Å². The highest BCUT2D eigenvalue weighted by atomic mass is 32.2. The Morgan fingerprint density at radius 2 is 2.18 bits per heavy atom. The number of amides is 1. The van der Waals surface area contributed by atoms with Gasteiger partial charge in [0.1, 0.15) is 9.88 Å². The molecular formula is C11H19N3OS2. The third-order valence-electron chi connectivity index (χ3n) is 2.23. The molecule has 1 rings (SSSR count). The first kappa shape index (κ1) is 14.2. The van der Waals surface area contributed by atoms with Crippen molar-refractivity contribution in [3.05, 3.63) is 4.88 Å². The van der Waals surface area contributed by atoms with E-state index in [1.165, 1.54) is 11.3 Å². The molecule has 0 saturated heterocycles. The van der Waals surface area contributed by atoms with Crippen molar-refractivity contribution in [2.24, 2.45) is 0 Å². The topological polar surface area (TPSA) is 58.4 Å². The van der Waals surface area contributed by atoms with Crippen LogP contribution in [0.5, 0.6) is 0 Å². The third kappa shape index (κ3) is 3.07. The van der Waals surface area contributed by atoms with Crippen LogP contribution in [0, 0.1) is 0 Å². The Labute approximate surface area is 111 Å². The zero-order chi connectivity index (χ0) is 13.0. The van der Waals surface area contributed by atoms with Gasteiger partial charge in [0.25, 0.3) is 5.91 Å². The number of nitrogens with zero attached hydrogens (tertiary/aromatic N) is 1. The van der Waals surface area contributed by atoms with E-state index in [4.69, 9.17) is 5.73 Å². The summed E-state index contributed by atoms with van der Waals surface area (Å²) in [5, 5.41) is 3.90. The lowest BCUT2D eigenvalue weighted by Crippen LogP contribution is -2.23. The summed E-state index contributed by atoms with van der Waals surface area (Å²) in [6, 6.07) is 0. The fourth-order valence-electron chi connectivity index (χ4n) is 1.40. The molecule has 3 N–H and O–H groups in total. The SMILES string of the molecule is CCCNC(=O)c1sc(N(C)C)c(SC)c1N.